The highest BCUT2D eigenvalue weighted by atomic mass is 32.2. The maximum Gasteiger partial charge on any atom is 0.265 e. The first-order chi connectivity index (χ1) is 8.87. The van der Waals surface area contributed by atoms with Crippen molar-refractivity contribution in [3.05, 3.63) is 35.8 Å². The van der Waals surface area contributed by atoms with Crippen molar-refractivity contribution in [3.63, 3.8) is 0 Å². The van der Waals surface area contributed by atoms with E-state index >= 15 is 0 Å². The maximum absolute atomic E-state index is 12.1. The van der Waals surface area contributed by atoms with Crippen LogP contribution >= 0.6 is 0 Å². The van der Waals surface area contributed by atoms with Crippen molar-refractivity contribution < 1.29 is 8.42 Å². The molecule has 0 unspecified atom stereocenters. The molecule has 8 heteroatoms. The molecular weight excluding hydrogens is 266 g/mol. The Morgan fingerprint density at radius 1 is 1.16 bits per heavy atom. The largest absolute Gasteiger partial charge is 0.384 e. The van der Waals surface area contributed by atoms with Gasteiger partial charge in [0.1, 0.15) is 10.7 Å². The van der Waals surface area contributed by atoms with Gasteiger partial charge in [0.2, 0.25) is 5.95 Å². The van der Waals surface area contributed by atoms with Gasteiger partial charge in [0, 0.05) is 17.6 Å². The second kappa shape index (κ2) is 4.81. The van der Waals surface area contributed by atoms with Crippen LogP contribution in [-0.2, 0) is 10.0 Å². The fourth-order valence-corrected chi connectivity index (χ4v) is 2.39. The molecule has 19 heavy (non-hydrogen) atoms. The summed E-state index contributed by atoms with van der Waals surface area (Å²) in [6, 6.07) is 4.53. The molecule has 0 radical (unpaired) electrons. The highest BCUT2D eigenvalue weighted by molar-refractivity contribution is 7.92. The predicted molar refractivity (Wildman–Crippen MR) is 71.0 cm³/mol. The molecule has 0 spiro atoms. The first-order valence-electron chi connectivity index (χ1n) is 5.43. The molecule has 0 saturated carbocycles. The number of nitrogens with two attached hydrogens (primary N) is 1. The zero-order valence-corrected chi connectivity index (χ0v) is 11.3. The Hall–Kier alpha value is -2.22. The summed E-state index contributed by atoms with van der Waals surface area (Å²) < 4.78 is 26.4. The molecule has 0 aliphatic heterocycles. The molecule has 0 aliphatic carbocycles. The number of pyridine rings is 1. The van der Waals surface area contributed by atoms with E-state index in [1.165, 1.54) is 18.3 Å². The van der Waals surface area contributed by atoms with Crippen molar-refractivity contribution in [3.8, 4) is 0 Å². The van der Waals surface area contributed by atoms with Crippen LogP contribution in [0.4, 0.5) is 11.8 Å². The Morgan fingerprint density at radius 2 is 1.79 bits per heavy atom. The quantitative estimate of drug-likeness (QED) is 0.862. The smallest absolute Gasteiger partial charge is 0.265 e. The van der Waals surface area contributed by atoms with Gasteiger partial charge in [0.25, 0.3) is 10.0 Å². The number of anilines is 2. The van der Waals surface area contributed by atoms with Crippen LogP contribution in [0.5, 0.6) is 0 Å². The molecule has 7 nitrogen and oxygen atoms in total. The van der Waals surface area contributed by atoms with Gasteiger partial charge in [-0.1, -0.05) is 0 Å². The van der Waals surface area contributed by atoms with Crippen LogP contribution < -0.4 is 10.5 Å². The van der Waals surface area contributed by atoms with Gasteiger partial charge in [-0.3, -0.25) is 0 Å². The Labute approximate surface area is 111 Å². The molecule has 0 aliphatic rings. The standard InChI is InChI=1S/C11H13N5O2S/c1-7-5-8(2)15-11(14-7)16-19(17,18)9-3-4-10(12)13-6-9/h3-6H,1-2H3,(H2,12,13)(H,14,15,16). The molecule has 0 fully saturated rings. The monoisotopic (exact) mass is 279 g/mol. The van der Waals surface area contributed by atoms with Crippen molar-refractivity contribution >= 4 is 21.8 Å². The van der Waals surface area contributed by atoms with Crippen molar-refractivity contribution in [2.75, 3.05) is 10.5 Å². The predicted octanol–water partition coefficient (Wildman–Crippen LogP) is 0.871. The van der Waals surface area contributed by atoms with E-state index in [0.717, 1.165) is 0 Å². The first-order valence-corrected chi connectivity index (χ1v) is 6.92. The van der Waals surface area contributed by atoms with Crippen molar-refractivity contribution in [1.82, 2.24) is 15.0 Å². The molecule has 2 heterocycles. The summed E-state index contributed by atoms with van der Waals surface area (Å²) in [6.45, 7) is 3.52. The van der Waals surface area contributed by atoms with Gasteiger partial charge in [0.05, 0.1) is 0 Å². The van der Waals surface area contributed by atoms with E-state index in [4.69, 9.17) is 5.73 Å². The van der Waals surface area contributed by atoms with Crippen LogP contribution in [0, 0.1) is 13.8 Å². The highest BCUT2D eigenvalue weighted by Crippen LogP contribution is 2.13. The first kappa shape index (κ1) is 13.2. The number of nitrogens with zero attached hydrogens (tertiary/aromatic N) is 3. The lowest BCUT2D eigenvalue weighted by molar-refractivity contribution is 0.600. The Bertz CT molecular complexity index is 677. The zero-order chi connectivity index (χ0) is 14.0. The van der Waals surface area contributed by atoms with Crippen molar-refractivity contribution in [2.24, 2.45) is 0 Å². The third kappa shape index (κ3) is 3.16. The second-order valence-corrected chi connectivity index (χ2v) is 5.68. The van der Waals surface area contributed by atoms with Gasteiger partial charge in [-0.2, -0.15) is 0 Å². The topological polar surface area (TPSA) is 111 Å². The van der Waals surface area contributed by atoms with E-state index < -0.39 is 10.0 Å². The van der Waals surface area contributed by atoms with Crippen LogP contribution in [0.25, 0.3) is 0 Å². The maximum atomic E-state index is 12.1. The number of hydrogen-bond acceptors (Lipinski definition) is 6. The fraction of sp³-hybridized carbons (Fsp3) is 0.182. The summed E-state index contributed by atoms with van der Waals surface area (Å²) in [5.74, 6) is 0.288. The van der Waals surface area contributed by atoms with Crippen LogP contribution in [0.1, 0.15) is 11.4 Å². The molecule has 0 aromatic carbocycles. The molecule has 0 amide bonds. The number of nitrogens with one attached hydrogen (secondary N) is 1. The van der Waals surface area contributed by atoms with E-state index in [1.807, 2.05) is 0 Å². The molecule has 2 aromatic heterocycles. The molecule has 100 valence electrons. The SMILES string of the molecule is Cc1cc(C)nc(NS(=O)(=O)c2ccc(N)nc2)n1. The highest BCUT2D eigenvalue weighted by Gasteiger charge is 2.16. The fourth-order valence-electron chi connectivity index (χ4n) is 1.50. The van der Waals surface area contributed by atoms with E-state index in [-0.39, 0.29) is 16.7 Å². The summed E-state index contributed by atoms with van der Waals surface area (Å²) in [5, 5.41) is 0. The van der Waals surface area contributed by atoms with Crippen molar-refractivity contribution in [1.29, 1.82) is 0 Å². The van der Waals surface area contributed by atoms with Crippen LogP contribution in [-0.4, -0.2) is 23.4 Å². The Morgan fingerprint density at radius 3 is 2.32 bits per heavy atom. The number of nitrogen functional groups attached to an aromatic ring is 1. The lowest BCUT2D eigenvalue weighted by atomic mass is 10.4. The molecular formula is C11H13N5O2S. The molecule has 2 aromatic rings. The number of hydrogen-bond donors (Lipinski definition) is 2. The minimum atomic E-state index is -3.76. The van der Waals surface area contributed by atoms with E-state index in [1.54, 1.807) is 19.9 Å². The minimum absolute atomic E-state index is 0.00413. The van der Waals surface area contributed by atoms with Gasteiger partial charge >= 0.3 is 0 Å². The van der Waals surface area contributed by atoms with E-state index in [2.05, 4.69) is 19.7 Å². The average Bonchev–Trinajstić information content (AvgIpc) is 2.27. The van der Waals surface area contributed by atoms with E-state index in [9.17, 15) is 8.42 Å². The van der Waals surface area contributed by atoms with Gasteiger partial charge in [0.15, 0.2) is 0 Å². The summed E-state index contributed by atoms with van der Waals surface area (Å²) >= 11 is 0. The summed E-state index contributed by atoms with van der Waals surface area (Å²) in [5.41, 5.74) is 6.77. The lowest BCUT2D eigenvalue weighted by Crippen LogP contribution is -2.16. The molecule has 3 N–H and O–H groups in total. The number of rotatable bonds is 3. The second-order valence-electron chi connectivity index (χ2n) is 4.00. The van der Waals surface area contributed by atoms with Gasteiger partial charge in [-0.25, -0.2) is 28.1 Å². The van der Waals surface area contributed by atoms with Crippen LogP contribution in [0.15, 0.2) is 29.3 Å². The molecule has 0 bridgehead atoms. The molecule has 0 saturated heterocycles. The lowest BCUT2D eigenvalue weighted by Gasteiger charge is -2.07. The van der Waals surface area contributed by atoms with E-state index in [0.29, 0.717) is 11.4 Å². The summed E-state index contributed by atoms with van der Waals surface area (Å²) in [6.07, 6.45) is 1.18. The summed E-state index contributed by atoms with van der Waals surface area (Å²) in [4.78, 5) is 11.8. The Kier molecular flexibility index (Phi) is 3.34. The molecule has 0 atom stereocenters. The number of aryl methyl sites for hydroxylation is 2. The van der Waals surface area contributed by atoms with Crippen LogP contribution in [0.2, 0.25) is 0 Å². The molecule has 2 rings (SSSR count). The average molecular weight is 279 g/mol. The third-order valence-corrected chi connectivity index (χ3v) is 3.59. The minimum Gasteiger partial charge on any atom is -0.384 e. The van der Waals surface area contributed by atoms with Gasteiger partial charge in [-0.05, 0) is 32.0 Å². The normalized spacial score (nSPS) is 11.3. The van der Waals surface area contributed by atoms with Crippen LogP contribution in [0.3, 0.4) is 0 Å². The summed E-state index contributed by atoms with van der Waals surface area (Å²) in [7, 11) is -3.76. The van der Waals surface area contributed by atoms with Crippen molar-refractivity contribution in [2.45, 2.75) is 18.7 Å². The van der Waals surface area contributed by atoms with Gasteiger partial charge < -0.3 is 5.73 Å². The van der Waals surface area contributed by atoms with Gasteiger partial charge in [-0.15, -0.1) is 0 Å². The number of sulfonamides is 1. The zero-order valence-electron chi connectivity index (χ0n) is 10.5. The third-order valence-electron chi connectivity index (χ3n) is 2.28. The Balaban J connectivity index is 2.33. The number of aromatic nitrogens is 3.